The summed E-state index contributed by atoms with van der Waals surface area (Å²) in [4.78, 5) is 20.4. The highest BCUT2D eigenvalue weighted by molar-refractivity contribution is 6.04. The molecule has 0 bridgehead atoms. The summed E-state index contributed by atoms with van der Waals surface area (Å²) in [7, 11) is 0. The fourth-order valence-corrected chi connectivity index (χ4v) is 3.21. The molecule has 0 spiro atoms. The molecule has 0 aliphatic carbocycles. The van der Waals surface area contributed by atoms with E-state index in [1.165, 1.54) is 6.08 Å². The number of para-hydroxylation sites is 1. The van der Waals surface area contributed by atoms with Gasteiger partial charge in [-0.2, -0.15) is 4.98 Å². The molecular formula is C26H22N4O2. The second-order valence-electron chi connectivity index (χ2n) is 7.05. The predicted octanol–water partition coefficient (Wildman–Crippen LogP) is 5.50. The summed E-state index contributed by atoms with van der Waals surface area (Å²) in [6, 6.07) is 24.7. The number of ketones is 1. The molecule has 0 aliphatic rings. The van der Waals surface area contributed by atoms with Crippen LogP contribution in [0, 0.1) is 0 Å². The first-order valence-electron chi connectivity index (χ1n) is 10.1. The van der Waals surface area contributed by atoms with E-state index in [0.717, 1.165) is 28.2 Å². The number of nitrogens with zero attached hydrogens (tertiary/aromatic N) is 2. The molecule has 4 aromatic rings. The average Bonchev–Trinajstić information content (AvgIpc) is 2.84. The number of ether oxygens (including phenoxy) is 1. The van der Waals surface area contributed by atoms with Crippen LogP contribution in [0.4, 0.5) is 11.8 Å². The van der Waals surface area contributed by atoms with Crippen molar-refractivity contribution in [3.63, 3.8) is 0 Å². The maximum Gasteiger partial charge on any atom is 0.221 e. The molecule has 0 amide bonds. The third kappa shape index (κ3) is 4.99. The quantitative estimate of drug-likeness (QED) is 0.288. The van der Waals surface area contributed by atoms with Gasteiger partial charge in [0.25, 0.3) is 0 Å². The molecule has 0 saturated carbocycles. The average molecular weight is 422 g/mol. The lowest BCUT2D eigenvalue weighted by Gasteiger charge is -2.13. The van der Waals surface area contributed by atoms with Crippen LogP contribution in [-0.4, -0.2) is 15.8 Å². The van der Waals surface area contributed by atoms with E-state index in [1.807, 2.05) is 72.8 Å². The Kier molecular flexibility index (Phi) is 6.22. The number of nitrogen functional groups attached to an aromatic ring is 1. The summed E-state index contributed by atoms with van der Waals surface area (Å²) in [6.45, 7) is 4.01. The second-order valence-corrected chi connectivity index (χ2v) is 7.05. The largest absolute Gasteiger partial charge is 0.457 e. The maximum atomic E-state index is 11.9. The van der Waals surface area contributed by atoms with E-state index < -0.39 is 0 Å². The fraction of sp³-hybridized carbons (Fsp3) is 0.0385. The van der Waals surface area contributed by atoms with Gasteiger partial charge in [-0.3, -0.25) is 4.79 Å². The molecule has 0 radical (unpaired) electrons. The monoisotopic (exact) mass is 422 g/mol. The normalized spacial score (nSPS) is 10.4. The Bertz CT molecular complexity index is 1240. The topological polar surface area (TPSA) is 90.1 Å². The van der Waals surface area contributed by atoms with Crippen LogP contribution in [0.15, 0.2) is 97.7 Å². The van der Waals surface area contributed by atoms with Crippen molar-refractivity contribution in [1.29, 1.82) is 0 Å². The van der Waals surface area contributed by atoms with E-state index in [1.54, 1.807) is 12.3 Å². The Labute approximate surface area is 186 Å². The highest BCUT2D eigenvalue weighted by atomic mass is 16.5. The van der Waals surface area contributed by atoms with E-state index in [4.69, 9.17) is 10.5 Å². The van der Waals surface area contributed by atoms with Gasteiger partial charge in [0.2, 0.25) is 5.95 Å². The van der Waals surface area contributed by atoms with Crippen molar-refractivity contribution in [2.75, 3.05) is 11.1 Å². The van der Waals surface area contributed by atoms with Crippen molar-refractivity contribution in [3.8, 4) is 22.6 Å². The van der Waals surface area contributed by atoms with Gasteiger partial charge in [-0.25, -0.2) is 4.98 Å². The minimum Gasteiger partial charge on any atom is -0.457 e. The van der Waals surface area contributed by atoms with Crippen molar-refractivity contribution < 1.29 is 9.53 Å². The van der Waals surface area contributed by atoms with Crippen LogP contribution in [0.5, 0.6) is 11.5 Å². The van der Waals surface area contributed by atoms with Crippen molar-refractivity contribution in [2.24, 2.45) is 0 Å². The molecule has 0 atom stereocenters. The number of nitrogens with one attached hydrogen (secondary N) is 1. The first-order valence-corrected chi connectivity index (χ1v) is 10.1. The van der Waals surface area contributed by atoms with E-state index in [9.17, 15) is 4.79 Å². The Hall–Kier alpha value is -4.45. The molecule has 0 fully saturated rings. The minimum absolute atomic E-state index is 0.114. The van der Waals surface area contributed by atoms with Gasteiger partial charge in [0.1, 0.15) is 17.3 Å². The molecular weight excluding hydrogens is 400 g/mol. The lowest BCUT2D eigenvalue weighted by atomic mass is 10.1. The second kappa shape index (κ2) is 9.57. The van der Waals surface area contributed by atoms with Crippen molar-refractivity contribution in [3.05, 3.63) is 109 Å². The molecule has 0 saturated heterocycles. The predicted molar refractivity (Wildman–Crippen MR) is 127 cm³/mol. The number of hydrogen-bond acceptors (Lipinski definition) is 6. The van der Waals surface area contributed by atoms with E-state index in [0.29, 0.717) is 17.9 Å². The van der Waals surface area contributed by atoms with Crippen LogP contribution in [0.1, 0.15) is 15.9 Å². The zero-order valence-corrected chi connectivity index (χ0v) is 17.4. The van der Waals surface area contributed by atoms with Crippen molar-refractivity contribution >= 4 is 17.5 Å². The van der Waals surface area contributed by atoms with Gasteiger partial charge < -0.3 is 15.8 Å². The summed E-state index contributed by atoms with van der Waals surface area (Å²) in [6.07, 6.45) is 3.00. The number of rotatable bonds is 8. The summed E-state index contributed by atoms with van der Waals surface area (Å²) in [5.41, 5.74) is 9.09. The molecule has 0 aliphatic heterocycles. The Morgan fingerprint density at radius 3 is 2.50 bits per heavy atom. The lowest BCUT2D eigenvalue weighted by Crippen LogP contribution is -2.07. The zero-order chi connectivity index (χ0) is 22.3. The van der Waals surface area contributed by atoms with Crippen LogP contribution in [0.25, 0.3) is 11.1 Å². The summed E-state index contributed by atoms with van der Waals surface area (Å²) in [5, 5.41) is 3.31. The van der Waals surface area contributed by atoms with E-state index >= 15 is 0 Å². The number of nitrogens with two attached hydrogens (primary N) is 1. The van der Waals surface area contributed by atoms with Gasteiger partial charge in [0, 0.05) is 23.9 Å². The van der Waals surface area contributed by atoms with Crippen LogP contribution in [0.3, 0.4) is 0 Å². The first kappa shape index (κ1) is 20.8. The van der Waals surface area contributed by atoms with Crippen LogP contribution in [0.2, 0.25) is 0 Å². The Morgan fingerprint density at radius 2 is 1.75 bits per heavy atom. The molecule has 32 heavy (non-hydrogen) atoms. The van der Waals surface area contributed by atoms with Gasteiger partial charge in [-0.05, 0) is 47.5 Å². The van der Waals surface area contributed by atoms with Gasteiger partial charge in [0.15, 0.2) is 5.78 Å². The summed E-state index contributed by atoms with van der Waals surface area (Å²) >= 11 is 0. The highest BCUT2D eigenvalue weighted by Gasteiger charge is 2.10. The first-order chi connectivity index (χ1) is 15.6. The number of carbonyl (C=O) groups is 1. The molecule has 158 valence electrons. The Balaban J connectivity index is 1.53. The number of hydrogen-bond donors (Lipinski definition) is 2. The van der Waals surface area contributed by atoms with Crippen LogP contribution >= 0.6 is 0 Å². The number of carbonyl (C=O) groups excluding carboxylic acids is 1. The highest BCUT2D eigenvalue weighted by Crippen LogP contribution is 2.30. The number of benzene rings is 3. The molecule has 6 heteroatoms. The van der Waals surface area contributed by atoms with Gasteiger partial charge >= 0.3 is 0 Å². The van der Waals surface area contributed by atoms with Crippen molar-refractivity contribution in [1.82, 2.24) is 9.97 Å². The fourth-order valence-electron chi connectivity index (χ4n) is 3.21. The summed E-state index contributed by atoms with van der Waals surface area (Å²) in [5.74, 6) is 2.17. The summed E-state index contributed by atoms with van der Waals surface area (Å²) < 4.78 is 5.86. The molecule has 0 unspecified atom stereocenters. The van der Waals surface area contributed by atoms with E-state index in [-0.39, 0.29) is 11.7 Å². The number of allylic oxidation sites excluding steroid dienone is 1. The molecule has 3 N–H and O–H groups in total. The molecule has 1 aromatic heterocycles. The molecule has 3 aromatic carbocycles. The van der Waals surface area contributed by atoms with E-state index in [2.05, 4.69) is 21.9 Å². The third-order valence-corrected chi connectivity index (χ3v) is 4.81. The van der Waals surface area contributed by atoms with Gasteiger partial charge in [-0.1, -0.05) is 55.1 Å². The van der Waals surface area contributed by atoms with Crippen molar-refractivity contribution in [2.45, 2.75) is 6.54 Å². The molecule has 4 rings (SSSR count). The Morgan fingerprint density at radius 1 is 1.00 bits per heavy atom. The minimum atomic E-state index is -0.114. The maximum absolute atomic E-state index is 11.9. The lowest BCUT2D eigenvalue weighted by molar-refractivity contribution is 0.104. The smallest absolute Gasteiger partial charge is 0.221 e. The van der Waals surface area contributed by atoms with Gasteiger partial charge in [0.05, 0.1) is 0 Å². The standard InChI is InChI=1S/C26H22N4O2/c1-2-24(31)20-8-6-7-18(15-20)16-28-25-23(17-29-26(27)30-25)19-11-13-22(14-12-19)32-21-9-4-3-5-10-21/h2-15,17H,1,16H2,(H3,27,28,29,30). The SMILES string of the molecule is C=CC(=O)c1cccc(CNc2nc(N)ncc2-c2ccc(Oc3ccccc3)cc2)c1. The molecule has 6 nitrogen and oxygen atoms in total. The third-order valence-electron chi connectivity index (χ3n) is 4.81. The number of anilines is 2. The molecule has 1 heterocycles. The number of aromatic nitrogens is 2. The van der Waals surface area contributed by atoms with Crippen LogP contribution < -0.4 is 15.8 Å². The zero-order valence-electron chi connectivity index (χ0n) is 17.4. The van der Waals surface area contributed by atoms with Crippen LogP contribution in [-0.2, 0) is 6.54 Å². The van der Waals surface area contributed by atoms with Gasteiger partial charge in [-0.15, -0.1) is 0 Å².